The number of fused-ring (bicyclic) bond motifs is 1. The highest BCUT2D eigenvalue weighted by Crippen LogP contribution is 2.28. The first-order valence-electron chi connectivity index (χ1n) is 10.9. The van der Waals surface area contributed by atoms with E-state index in [1.54, 1.807) is 11.6 Å². The fourth-order valence-electron chi connectivity index (χ4n) is 3.66. The van der Waals surface area contributed by atoms with E-state index in [0.29, 0.717) is 6.61 Å². The van der Waals surface area contributed by atoms with Gasteiger partial charge in [-0.1, -0.05) is 66.7 Å². The molecule has 1 amide bonds. The van der Waals surface area contributed by atoms with Crippen molar-refractivity contribution >= 4 is 22.9 Å². The molecule has 6 nitrogen and oxygen atoms in total. The summed E-state index contributed by atoms with van der Waals surface area (Å²) in [6, 6.07) is 24.2. The zero-order valence-electron chi connectivity index (χ0n) is 18.3. The predicted molar refractivity (Wildman–Crippen MR) is 130 cm³/mol. The Bertz CT molecular complexity index is 1210. The first-order chi connectivity index (χ1) is 16.2. The van der Waals surface area contributed by atoms with Gasteiger partial charge in [-0.05, 0) is 47.4 Å². The maximum absolute atomic E-state index is 11.0. The van der Waals surface area contributed by atoms with Crippen LogP contribution in [0.25, 0.3) is 17.0 Å². The van der Waals surface area contributed by atoms with Crippen LogP contribution in [0.15, 0.2) is 85.1 Å². The zero-order valence-corrected chi connectivity index (χ0v) is 18.3. The van der Waals surface area contributed by atoms with Crippen molar-refractivity contribution in [1.29, 1.82) is 0 Å². The minimum Gasteiger partial charge on any atom is -0.487 e. The molecule has 1 aromatic heterocycles. The summed E-state index contributed by atoms with van der Waals surface area (Å²) in [5.74, 6) is 0.314. The van der Waals surface area contributed by atoms with Gasteiger partial charge in [0.15, 0.2) is 0 Å². The van der Waals surface area contributed by atoms with Crippen molar-refractivity contribution < 1.29 is 14.7 Å². The third-order valence-electron chi connectivity index (χ3n) is 5.42. The Morgan fingerprint density at radius 3 is 2.58 bits per heavy atom. The number of aromatic amines is 1. The maximum Gasteiger partial charge on any atom is 0.267 e. The van der Waals surface area contributed by atoms with E-state index in [9.17, 15) is 4.79 Å². The quantitative estimate of drug-likeness (QED) is 0.125. The minimum absolute atomic E-state index is 0.541. The number of carbonyl (C=O) groups excluding carboxylic acids is 1. The molecule has 0 saturated heterocycles. The van der Waals surface area contributed by atoms with Gasteiger partial charge in [0.05, 0.1) is 5.52 Å². The number of rotatable bonds is 10. The summed E-state index contributed by atoms with van der Waals surface area (Å²) in [4.78, 5) is 14.4. The second kappa shape index (κ2) is 11.1. The van der Waals surface area contributed by atoms with Gasteiger partial charge in [-0.3, -0.25) is 10.0 Å². The van der Waals surface area contributed by atoms with E-state index in [2.05, 4.69) is 34.7 Å². The Balaban J connectivity index is 1.29. The van der Waals surface area contributed by atoms with Gasteiger partial charge >= 0.3 is 0 Å². The molecule has 0 atom stereocenters. The van der Waals surface area contributed by atoms with Crippen LogP contribution >= 0.6 is 0 Å². The Hall–Kier alpha value is -3.87. The molecule has 0 aliphatic heterocycles. The summed E-state index contributed by atoms with van der Waals surface area (Å²) in [6.07, 6.45) is 5.90. The molecular weight excluding hydrogens is 414 g/mol. The van der Waals surface area contributed by atoms with Crippen molar-refractivity contribution in [2.75, 3.05) is 6.54 Å². The van der Waals surface area contributed by atoms with Crippen LogP contribution in [0.2, 0.25) is 0 Å². The molecule has 4 N–H and O–H groups in total. The minimum atomic E-state index is -0.548. The second-order valence-electron chi connectivity index (χ2n) is 7.74. The summed E-state index contributed by atoms with van der Waals surface area (Å²) >= 11 is 0. The van der Waals surface area contributed by atoms with Crippen LogP contribution in [0, 0.1) is 0 Å². The van der Waals surface area contributed by atoms with E-state index in [1.807, 2.05) is 54.6 Å². The Morgan fingerprint density at radius 1 is 0.970 bits per heavy atom. The number of H-pyrrole nitrogens is 1. The lowest BCUT2D eigenvalue weighted by atomic mass is 10.1. The molecular formula is C27H27N3O3. The van der Waals surface area contributed by atoms with E-state index >= 15 is 0 Å². The lowest BCUT2D eigenvalue weighted by Crippen LogP contribution is -2.16. The van der Waals surface area contributed by atoms with E-state index in [-0.39, 0.29) is 0 Å². The highest BCUT2D eigenvalue weighted by atomic mass is 16.5. The van der Waals surface area contributed by atoms with E-state index in [4.69, 9.17) is 9.94 Å². The van der Waals surface area contributed by atoms with Crippen molar-refractivity contribution in [3.05, 3.63) is 107 Å². The predicted octanol–water partition coefficient (Wildman–Crippen LogP) is 4.60. The van der Waals surface area contributed by atoms with Crippen molar-refractivity contribution in [1.82, 2.24) is 15.8 Å². The molecule has 0 fully saturated rings. The second-order valence-corrected chi connectivity index (χ2v) is 7.74. The van der Waals surface area contributed by atoms with Crippen molar-refractivity contribution in [3.63, 3.8) is 0 Å². The van der Waals surface area contributed by atoms with E-state index in [0.717, 1.165) is 47.5 Å². The first kappa shape index (κ1) is 22.3. The summed E-state index contributed by atoms with van der Waals surface area (Å²) in [5, 5.41) is 13.2. The molecule has 0 spiro atoms. The number of ether oxygens (including phenoxy) is 1. The Kier molecular flexibility index (Phi) is 7.53. The van der Waals surface area contributed by atoms with Crippen molar-refractivity contribution in [2.24, 2.45) is 0 Å². The van der Waals surface area contributed by atoms with Crippen LogP contribution < -0.4 is 15.5 Å². The van der Waals surface area contributed by atoms with Gasteiger partial charge in [0, 0.05) is 24.2 Å². The van der Waals surface area contributed by atoms with Gasteiger partial charge in [0.25, 0.3) is 5.91 Å². The Labute approximate surface area is 192 Å². The molecule has 0 bridgehead atoms. The molecule has 6 heteroatoms. The number of carbonyl (C=O) groups is 1. The van der Waals surface area contributed by atoms with Crippen LogP contribution in [-0.2, 0) is 24.4 Å². The number of aromatic nitrogens is 1. The van der Waals surface area contributed by atoms with Crippen LogP contribution in [-0.4, -0.2) is 22.6 Å². The van der Waals surface area contributed by atoms with Gasteiger partial charge in [-0.25, -0.2) is 5.48 Å². The van der Waals surface area contributed by atoms with Crippen molar-refractivity contribution in [3.8, 4) is 5.75 Å². The number of benzene rings is 3. The average Bonchev–Trinajstić information content (AvgIpc) is 3.29. The van der Waals surface area contributed by atoms with Gasteiger partial charge in [0.2, 0.25) is 0 Å². The normalized spacial score (nSPS) is 11.2. The fraction of sp³-hybridized carbons (Fsp3) is 0.148. The van der Waals surface area contributed by atoms with Crippen LogP contribution in [0.4, 0.5) is 0 Å². The maximum atomic E-state index is 11.0. The summed E-state index contributed by atoms with van der Waals surface area (Å²) in [7, 11) is 0. The molecule has 0 aliphatic rings. The fourth-order valence-corrected chi connectivity index (χ4v) is 3.66. The molecule has 4 aromatic rings. The topological polar surface area (TPSA) is 86.4 Å². The number of hydrogen-bond donors (Lipinski definition) is 4. The van der Waals surface area contributed by atoms with Gasteiger partial charge < -0.3 is 15.0 Å². The van der Waals surface area contributed by atoms with Gasteiger partial charge in [-0.15, -0.1) is 0 Å². The van der Waals surface area contributed by atoms with Gasteiger partial charge in [-0.2, -0.15) is 0 Å². The molecule has 0 unspecified atom stereocenters. The molecule has 0 saturated carbocycles. The summed E-state index contributed by atoms with van der Waals surface area (Å²) < 4.78 is 6.06. The largest absolute Gasteiger partial charge is 0.487 e. The molecule has 1 heterocycles. The van der Waals surface area contributed by atoms with Crippen LogP contribution in [0.1, 0.15) is 22.3 Å². The number of hydrogen-bond acceptors (Lipinski definition) is 4. The number of para-hydroxylation sites is 1. The molecule has 4 rings (SSSR count). The van der Waals surface area contributed by atoms with Gasteiger partial charge in [0.1, 0.15) is 12.4 Å². The number of nitrogens with one attached hydrogen (secondary N) is 3. The average molecular weight is 442 g/mol. The third-order valence-corrected chi connectivity index (χ3v) is 5.42. The number of hydroxylamine groups is 1. The lowest BCUT2D eigenvalue weighted by molar-refractivity contribution is -0.124. The standard InChI is InChI=1S/C27H27N3O3/c31-26(30-32)14-13-20-9-11-21(12-10-20)17-28-16-15-23-18-29-27-24(23)7-4-8-25(27)33-19-22-5-2-1-3-6-22/h1-14,18,28-29,32H,15-17,19H2,(H,30,31). The molecule has 3 aromatic carbocycles. The molecule has 0 radical (unpaired) electrons. The SMILES string of the molecule is O=C(C=Cc1ccc(CNCCc2c[nH]c3c(OCc4ccccc4)cccc23)cc1)NO. The lowest BCUT2D eigenvalue weighted by Gasteiger charge is -2.08. The monoisotopic (exact) mass is 441 g/mol. The number of amides is 1. The van der Waals surface area contributed by atoms with E-state index < -0.39 is 5.91 Å². The highest BCUT2D eigenvalue weighted by Gasteiger charge is 2.08. The Morgan fingerprint density at radius 2 is 1.79 bits per heavy atom. The van der Waals surface area contributed by atoms with Crippen LogP contribution in [0.3, 0.4) is 0 Å². The molecule has 0 aliphatic carbocycles. The molecule has 168 valence electrons. The zero-order chi connectivity index (χ0) is 22.9. The highest BCUT2D eigenvalue weighted by molar-refractivity contribution is 5.90. The smallest absolute Gasteiger partial charge is 0.267 e. The summed E-state index contributed by atoms with van der Waals surface area (Å²) in [6.45, 7) is 2.15. The van der Waals surface area contributed by atoms with Crippen LogP contribution in [0.5, 0.6) is 5.75 Å². The summed E-state index contributed by atoms with van der Waals surface area (Å²) in [5.41, 5.74) is 7.06. The molecule has 33 heavy (non-hydrogen) atoms. The van der Waals surface area contributed by atoms with E-state index in [1.165, 1.54) is 17.0 Å². The third kappa shape index (κ3) is 6.10. The first-order valence-corrected chi connectivity index (χ1v) is 10.9. The van der Waals surface area contributed by atoms with Crippen molar-refractivity contribution in [2.45, 2.75) is 19.6 Å².